The van der Waals surface area contributed by atoms with Crippen LogP contribution in [-0.4, -0.2) is 33.4 Å². The summed E-state index contributed by atoms with van der Waals surface area (Å²) in [6.07, 6.45) is 6.10. The normalized spacial score (nSPS) is 27.2. The summed E-state index contributed by atoms with van der Waals surface area (Å²) < 4.78 is 5.94. The molecule has 2 aliphatic heterocycles. The summed E-state index contributed by atoms with van der Waals surface area (Å²) in [4.78, 5) is 55.7. The van der Waals surface area contributed by atoms with Crippen LogP contribution in [0, 0.1) is 23.7 Å². The predicted molar refractivity (Wildman–Crippen MR) is 145 cm³/mol. The van der Waals surface area contributed by atoms with Crippen molar-refractivity contribution < 1.29 is 29.0 Å². The molecule has 200 valence electrons. The Bertz CT molecular complexity index is 1640. The molecule has 4 unspecified atom stereocenters. The number of nitrogens with zero attached hydrogens (tertiary/aromatic N) is 1. The number of rotatable bonds is 3. The molecule has 2 amide bonds. The zero-order valence-corrected chi connectivity index (χ0v) is 21.9. The van der Waals surface area contributed by atoms with Crippen LogP contribution >= 0.6 is 0 Å². The number of allylic oxidation sites excluding steroid dienone is 7. The lowest BCUT2D eigenvalue weighted by Crippen LogP contribution is -2.41. The number of phenols is 1. The number of ketones is 2. The molecule has 1 saturated heterocycles. The van der Waals surface area contributed by atoms with Crippen LogP contribution in [0.1, 0.15) is 30.9 Å². The van der Waals surface area contributed by atoms with Crippen LogP contribution in [0.25, 0.3) is 0 Å². The molecule has 7 heteroatoms. The minimum atomic E-state index is -0.593. The van der Waals surface area contributed by atoms with Gasteiger partial charge in [0.2, 0.25) is 11.8 Å². The van der Waals surface area contributed by atoms with E-state index < -0.39 is 17.8 Å². The summed E-state index contributed by atoms with van der Waals surface area (Å²) in [7, 11) is 0. The Kier molecular flexibility index (Phi) is 5.52. The average molecular weight is 534 g/mol. The Morgan fingerprint density at radius 2 is 1.80 bits per heavy atom. The smallest absolute Gasteiger partial charge is 0.234 e. The van der Waals surface area contributed by atoms with Crippen LogP contribution in [0.3, 0.4) is 0 Å². The van der Waals surface area contributed by atoms with Gasteiger partial charge in [0.15, 0.2) is 11.6 Å². The van der Waals surface area contributed by atoms with Crippen molar-refractivity contribution in [1.82, 2.24) is 4.90 Å². The zero-order valence-electron chi connectivity index (χ0n) is 21.9. The third-order valence-electron chi connectivity index (χ3n) is 8.99. The van der Waals surface area contributed by atoms with Crippen molar-refractivity contribution >= 4 is 23.4 Å². The van der Waals surface area contributed by atoms with Crippen LogP contribution in [0.4, 0.5) is 0 Å². The molecular weight excluding hydrogens is 506 g/mol. The molecule has 0 radical (unpaired) electrons. The topological polar surface area (TPSA) is 101 Å². The predicted octanol–water partition coefficient (Wildman–Crippen LogP) is 4.37. The van der Waals surface area contributed by atoms with E-state index in [1.807, 2.05) is 36.4 Å². The standard InChI is InChI=1S/C33H27NO6/c1-17-11-26(36)25-14-24-22(8-9-23-29(24)33(39)34(32(23)38)15-18-5-3-2-4-6-18)28(30(25)31(17)37)20-12-19-13-21(35)7-10-27(19)40-16-20/h2-8,10-11,13,16,23-24,28-29,35H,9,12,14-15H2,1H3. The molecule has 2 heterocycles. The number of phenolic OH excluding ortho intramolecular Hbond substituents is 1. The van der Waals surface area contributed by atoms with Gasteiger partial charge in [0.25, 0.3) is 0 Å². The summed E-state index contributed by atoms with van der Waals surface area (Å²) in [6, 6.07) is 14.3. The summed E-state index contributed by atoms with van der Waals surface area (Å²) in [6.45, 7) is 1.86. The minimum absolute atomic E-state index is 0.112. The van der Waals surface area contributed by atoms with Crippen LogP contribution in [-0.2, 0) is 32.1 Å². The summed E-state index contributed by atoms with van der Waals surface area (Å²) in [5.74, 6) is -2.07. The highest BCUT2D eigenvalue weighted by molar-refractivity contribution is 6.23. The fourth-order valence-electron chi connectivity index (χ4n) is 7.16. The van der Waals surface area contributed by atoms with E-state index >= 15 is 0 Å². The average Bonchev–Trinajstić information content (AvgIpc) is 3.20. The van der Waals surface area contributed by atoms with E-state index in [1.54, 1.807) is 31.4 Å². The molecule has 0 bridgehead atoms. The van der Waals surface area contributed by atoms with Gasteiger partial charge in [0.1, 0.15) is 11.5 Å². The highest BCUT2D eigenvalue weighted by Gasteiger charge is 2.56. The number of aromatic hydroxyl groups is 1. The monoisotopic (exact) mass is 533 g/mol. The zero-order chi connectivity index (χ0) is 27.7. The maximum absolute atomic E-state index is 13.9. The Morgan fingerprint density at radius 1 is 1.00 bits per heavy atom. The Balaban J connectivity index is 1.30. The molecule has 40 heavy (non-hydrogen) atoms. The van der Waals surface area contributed by atoms with Gasteiger partial charge >= 0.3 is 0 Å². The van der Waals surface area contributed by atoms with E-state index in [0.717, 1.165) is 22.3 Å². The number of ether oxygens (including phenoxy) is 1. The first-order chi connectivity index (χ1) is 19.3. The van der Waals surface area contributed by atoms with Gasteiger partial charge in [-0.1, -0.05) is 42.0 Å². The lowest BCUT2D eigenvalue weighted by molar-refractivity contribution is -0.140. The molecule has 1 fully saturated rings. The van der Waals surface area contributed by atoms with Crippen LogP contribution in [0.15, 0.2) is 94.8 Å². The molecule has 1 N–H and O–H groups in total. The SMILES string of the molecule is CC1=CC(=O)C2=C(C1=O)C(C1=COc3ccc(O)cc3C1)C1=CCC3C(=O)N(Cc4ccccc4)C(=O)C3C1C2. The maximum Gasteiger partial charge on any atom is 0.234 e. The quantitative estimate of drug-likeness (QED) is 0.357. The molecule has 0 spiro atoms. The molecule has 2 aromatic carbocycles. The van der Waals surface area contributed by atoms with Crippen molar-refractivity contribution in [3.8, 4) is 11.5 Å². The molecule has 5 aliphatic rings. The number of hydrogen-bond donors (Lipinski definition) is 1. The molecule has 3 aliphatic carbocycles. The number of carbonyl (C=O) groups excluding carboxylic acids is 4. The summed E-state index contributed by atoms with van der Waals surface area (Å²) >= 11 is 0. The number of benzene rings is 2. The highest BCUT2D eigenvalue weighted by Crippen LogP contribution is 2.54. The molecule has 7 rings (SSSR count). The van der Waals surface area contributed by atoms with Gasteiger partial charge in [-0.05, 0) is 61.1 Å². The third-order valence-corrected chi connectivity index (χ3v) is 8.99. The fraction of sp³-hybridized carbons (Fsp3) is 0.273. The Hall–Kier alpha value is -4.52. The van der Waals surface area contributed by atoms with Gasteiger partial charge in [-0.15, -0.1) is 0 Å². The highest BCUT2D eigenvalue weighted by atomic mass is 16.5. The second-order valence-corrected chi connectivity index (χ2v) is 11.3. The number of carbonyl (C=O) groups is 4. The van der Waals surface area contributed by atoms with E-state index in [-0.39, 0.29) is 48.0 Å². The van der Waals surface area contributed by atoms with Gasteiger partial charge < -0.3 is 9.84 Å². The van der Waals surface area contributed by atoms with Gasteiger partial charge in [-0.25, -0.2) is 0 Å². The maximum atomic E-state index is 13.9. The number of fused-ring (bicyclic) bond motifs is 4. The van der Waals surface area contributed by atoms with Crippen LogP contribution in [0.2, 0.25) is 0 Å². The van der Waals surface area contributed by atoms with E-state index in [2.05, 4.69) is 0 Å². The van der Waals surface area contributed by atoms with Crippen molar-refractivity contribution in [3.05, 3.63) is 106 Å². The molecule has 0 saturated carbocycles. The van der Waals surface area contributed by atoms with E-state index in [1.165, 1.54) is 11.0 Å². The van der Waals surface area contributed by atoms with Gasteiger partial charge in [0, 0.05) is 34.6 Å². The van der Waals surface area contributed by atoms with Gasteiger partial charge in [0.05, 0.1) is 24.6 Å². The van der Waals surface area contributed by atoms with Crippen LogP contribution < -0.4 is 4.74 Å². The van der Waals surface area contributed by atoms with Gasteiger partial charge in [-0.2, -0.15) is 0 Å². The summed E-state index contributed by atoms with van der Waals surface area (Å²) in [5.41, 5.74) is 4.60. The van der Waals surface area contributed by atoms with Crippen molar-refractivity contribution in [1.29, 1.82) is 0 Å². The van der Waals surface area contributed by atoms with E-state index in [9.17, 15) is 24.3 Å². The Labute approximate surface area is 231 Å². The number of imide groups is 1. The second kappa shape index (κ2) is 9.01. The summed E-state index contributed by atoms with van der Waals surface area (Å²) in [5, 5.41) is 10.1. The number of Topliss-reactive ketones (excluding diaryl/α,β-unsaturated/α-hetero) is 1. The third kappa shape index (κ3) is 3.64. The Morgan fingerprint density at radius 3 is 2.60 bits per heavy atom. The first-order valence-electron chi connectivity index (χ1n) is 13.6. The lowest BCUT2D eigenvalue weighted by atomic mass is 9.58. The van der Waals surface area contributed by atoms with E-state index in [0.29, 0.717) is 35.3 Å². The number of amides is 2. The molecule has 0 aromatic heterocycles. The number of likely N-dealkylation sites (tertiary alicyclic amines) is 1. The molecular formula is C33H27NO6. The van der Waals surface area contributed by atoms with Crippen molar-refractivity contribution in [2.24, 2.45) is 23.7 Å². The molecule has 2 aromatic rings. The molecule has 4 atom stereocenters. The van der Waals surface area contributed by atoms with Crippen molar-refractivity contribution in [2.45, 2.75) is 32.7 Å². The van der Waals surface area contributed by atoms with Crippen molar-refractivity contribution in [2.75, 3.05) is 0 Å². The first-order valence-corrected chi connectivity index (χ1v) is 13.6. The number of hydrogen-bond acceptors (Lipinski definition) is 6. The largest absolute Gasteiger partial charge is 0.508 e. The second-order valence-electron chi connectivity index (χ2n) is 11.3. The minimum Gasteiger partial charge on any atom is -0.508 e. The van der Waals surface area contributed by atoms with Crippen LogP contribution in [0.5, 0.6) is 11.5 Å². The fourth-order valence-corrected chi connectivity index (χ4v) is 7.16. The lowest BCUT2D eigenvalue weighted by Gasteiger charge is -2.43. The van der Waals surface area contributed by atoms with Crippen molar-refractivity contribution in [3.63, 3.8) is 0 Å². The molecule has 7 nitrogen and oxygen atoms in total. The van der Waals surface area contributed by atoms with Gasteiger partial charge in [-0.3, -0.25) is 24.1 Å². The van der Waals surface area contributed by atoms with E-state index in [4.69, 9.17) is 4.74 Å². The first kappa shape index (κ1) is 24.5.